The van der Waals surface area contributed by atoms with Gasteiger partial charge in [0.05, 0.1) is 28.5 Å². The van der Waals surface area contributed by atoms with Gasteiger partial charge >= 0.3 is 5.97 Å². The number of hydrogen-bond donors (Lipinski definition) is 0. The number of fused-ring (bicyclic) bond motifs is 2. The summed E-state index contributed by atoms with van der Waals surface area (Å²) in [6, 6.07) is 25.2. The number of rotatable bonds is 6. The van der Waals surface area contributed by atoms with Crippen molar-refractivity contribution >= 4 is 40.0 Å². The van der Waals surface area contributed by atoms with Gasteiger partial charge < -0.3 is 9.30 Å². The third kappa shape index (κ3) is 4.76. The molecule has 7 heteroatoms. The fourth-order valence-corrected chi connectivity index (χ4v) is 6.44. The van der Waals surface area contributed by atoms with Crippen LogP contribution in [0.3, 0.4) is 0 Å². The standard InChI is InChI=1S/C34H31N3O3S/c1-5-40-33(39)29-30(23-11-7-6-8-12-23)35-34-37(31(29)24-17-15-22(16-18-24)21(2)3)32(38)28(41-34)19-25-20-36(4)27-14-10-9-13-26(25)27/h6-21,31H,5H2,1-4H3/b28-19-/t31-/m0/s1. The van der Waals surface area contributed by atoms with Crippen molar-refractivity contribution in [3.05, 3.63) is 133 Å². The normalized spacial score (nSPS) is 15.3. The molecule has 0 saturated heterocycles. The lowest BCUT2D eigenvalue weighted by Crippen LogP contribution is -2.40. The minimum Gasteiger partial charge on any atom is -0.463 e. The van der Waals surface area contributed by atoms with Gasteiger partial charge in [-0.2, -0.15) is 0 Å². The zero-order valence-corrected chi connectivity index (χ0v) is 24.3. The van der Waals surface area contributed by atoms with E-state index in [1.54, 1.807) is 11.5 Å². The summed E-state index contributed by atoms with van der Waals surface area (Å²) in [7, 11) is 2.00. The van der Waals surface area contributed by atoms with Gasteiger partial charge in [-0.05, 0) is 36.1 Å². The second kappa shape index (κ2) is 10.8. The van der Waals surface area contributed by atoms with Gasteiger partial charge in [-0.3, -0.25) is 9.36 Å². The number of carbonyl (C=O) groups is 1. The molecular weight excluding hydrogens is 530 g/mol. The highest BCUT2D eigenvalue weighted by Crippen LogP contribution is 2.35. The van der Waals surface area contributed by atoms with Crippen molar-refractivity contribution in [3.8, 4) is 0 Å². The molecule has 0 spiro atoms. The first kappa shape index (κ1) is 26.7. The molecule has 0 fully saturated rings. The van der Waals surface area contributed by atoms with Crippen molar-refractivity contribution in [2.45, 2.75) is 32.7 Å². The van der Waals surface area contributed by atoms with Crippen molar-refractivity contribution in [1.82, 2.24) is 9.13 Å². The Bertz CT molecular complexity index is 1980. The monoisotopic (exact) mass is 561 g/mol. The van der Waals surface area contributed by atoms with Crippen LogP contribution in [-0.4, -0.2) is 21.7 Å². The lowest BCUT2D eigenvalue weighted by molar-refractivity contribution is -0.138. The van der Waals surface area contributed by atoms with Gasteiger partial charge in [0.25, 0.3) is 5.56 Å². The largest absolute Gasteiger partial charge is 0.463 e. The van der Waals surface area contributed by atoms with Crippen LogP contribution in [-0.2, 0) is 16.6 Å². The van der Waals surface area contributed by atoms with E-state index >= 15 is 0 Å². The SMILES string of the molecule is CCOC(=O)C1=C(c2ccccc2)N=c2s/c(=C\c3cn(C)c4ccccc34)c(=O)n2[C@H]1c1ccc(C(C)C)cc1. The van der Waals surface area contributed by atoms with Crippen LogP contribution in [0.15, 0.2) is 100 Å². The molecule has 0 aliphatic carbocycles. The first-order valence-electron chi connectivity index (χ1n) is 13.8. The van der Waals surface area contributed by atoms with E-state index in [0.717, 1.165) is 27.6 Å². The smallest absolute Gasteiger partial charge is 0.338 e. The van der Waals surface area contributed by atoms with Gasteiger partial charge in [0, 0.05) is 35.3 Å². The molecular formula is C34H31N3O3S. The highest BCUT2D eigenvalue weighted by atomic mass is 32.1. The van der Waals surface area contributed by atoms with Crippen LogP contribution in [0.1, 0.15) is 55.0 Å². The third-order valence-corrected chi connectivity index (χ3v) is 8.49. The molecule has 1 aliphatic heterocycles. The Morgan fingerprint density at radius 3 is 2.44 bits per heavy atom. The summed E-state index contributed by atoms with van der Waals surface area (Å²) in [6.45, 7) is 6.28. The lowest BCUT2D eigenvalue weighted by atomic mass is 9.91. The lowest BCUT2D eigenvalue weighted by Gasteiger charge is -2.26. The van der Waals surface area contributed by atoms with Gasteiger partial charge in [-0.1, -0.05) is 98.0 Å². The van der Waals surface area contributed by atoms with Crippen molar-refractivity contribution in [3.63, 3.8) is 0 Å². The molecule has 0 bridgehead atoms. The summed E-state index contributed by atoms with van der Waals surface area (Å²) < 4.78 is 9.85. The Morgan fingerprint density at radius 2 is 1.73 bits per heavy atom. The fourth-order valence-electron chi connectivity index (χ4n) is 5.45. The van der Waals surface area contributed by atoms with Crippen molar-refractivity contribution in [1.29, 1.82) is 0 Å². The van der Waals surface area contributed by atoms with Gasteiger partial charge in [-0.25, -0.2) is 9.79 Å². The highest BCUT2D eigenvalue weighted by Gasteiger charge is 2.35. The number of thiazole rings is 1. The quantitative estimate of drug-likeness (QED) is 0.255. The Morgan fingerprint density at radius 1 is 1.02 bits per heavy atom. The van der Waals surface area contributed by atoms with E-state index in [2.05, 4.69) is 42.7 Å². The summed E-state index contributed by atoms with van der Waals surface area (Å²) in [4.78, 5) is 33.3. The molecule has 41 heavy (non-hydrogen) atoms. The van der Waals surface area contributed by atoms with Crippen LogP contribution in [0.5, 0.6) is 0 Å². The molecule has 0 N–H and O–H groups in total. The molecule has 3 heterocycles. The summed E-state index contributed by atoms with van der Waals surface area (Å²) in [5.74, 6) is -0.122. The topological polar surface area (TPSA) is 65.6 Å². The van der Waals surface area contributed by atoms with E-state index in [1.807, 2.05) is 73.9 Å². The summed E-state index contributed by atoms with van der Waals surface area (Å²) in [5.41, 5.74) is 5.56. The molecule has 1 aliphatic rings. The number of benzene rings is 3. The number of para-hydroxylation sites is 1. The predicted octanol–water partition coefficient (Wildman–Crippen LogP) is 5.55. The second-order valence-corrected chi connectivity index (χ2v) is 11.5. The van der Waals surface area contributed by atoms with E-state index < -0.39 is 12.0 Å². The zero-order valence-electron chi connectivity index (χ0n) is 23.5. The first-order chi connectivity index (χ1) is 19.9. The second-order valence-electron chi connectivity index (χ2n) is 10.5. The summed E-state index contributed by atoms with van der Waals surface area (Å²) in [5, 5.41) is 1.07. The minimum atomic E-state index is -0.684. The maximum atomic E-state index is 14.2. The molecule has 6 rings (SSSR count). The number of nitrogens with zero attached hydrogens (tertiary/aromatic N) is 3. The molecule has 0 amide bonds. The van der Waals surface area contributed by atoms with Gasteiger partial charge in [-0.15, -0.1) is 0 Å². The van der Waals surface area contributed by atoms with Crippen LogP contribution < -0.4 is 14.9 Å². The Balaban J connectivity index is 1.64. The molecule has 2 aromatic heterocycles. The predicted molar refractivity (Wildman–Crippen MR) is 165 cm³/mol. The Labute approximate surface area is 242 Å². The van der Waals surface area contributed by atoms with E-state index in [1.165, 1.54) is 16.9 Å². The van der Waals surface area contributed by atoms with Crippen LogP contribution >= 0.6 is 11.3 Å². The van der Waals surface area contributed by atoms with Crippen molar-refractivity contribution in [2.75, 3.05) is 6.61 Å². The average Bonchev–Trinajstić information content (AvgIpc) is 3.48. The maximum Gasteiger partial charge on any atom is 0.338 e. The molecule has 0 saturated carbocycles. The van der Waals surface area contributed by atoms with Gasteiger partial charge in [0.1, 0.15) is 0 Å². The number of ether oxygens (including phenoxy) is 1. The molecule has 0 radical (unpaired) electrons. The first-order valence-corrected chi connectivity index (χ1v) is 14.6. The van der Waals surface area contributed by atoms with Crippen molar-refractivity contribution in [2.24, 2.45) is 12.0 Å². The third-order valence-electron chi connectivity index (χ3n) is 7.51. The minimum absolute atomic E-state index is 0.187. The van der Waals surface area contributed by atoms with Gasteiger partial charge in [0.15, 0.2) is 4.80 Å². The van der Waals surface area contributed by atoms with Crippen molar-refractivity contribution < 1.29 is 9.53 Å². The molecule has 206 valence electrons. The molecule has 1 atom stereocenters. The molecule has 0 unspecified atom stereocenters. The number of esters is 1. The van der Waals surface area contributed by atoms with Crippen LogP contribution in [0, 0.1) is 0 Å². The Hall–Kier alpha value is -4.49. The fraction of sp³-hybridized carbons (Fsp3) is 0.206. The highest BCUT2D eigenvalue weighted by molar-refractivity contribution is 7.07. The molecule has 5 aromatic rings. The summed E-state index contributed by atoms with van der Waals surface area (Å²) in [6.07, 6.45) is 3.96. The Kier molecular flexibility index (Phi) is 7.05. The van der Waals surface area contributed by atoms with Crippen LogP contribution in [0.2, 0.25) is 0 Å². The number of aryl methyl sites for hydroxylation is 1. The van der Waals surface area contributed by atoms with Gasteiger partial charge in [0.2, 0.25) is 0 Å². The maximum absolute atomic E-state index is 14.2. The van der Waals surface area contributed by atoms with Crippen LogP contribution in [0.4, 0.5) is 0 Å². The van der Waals surface area contributed by atoms with Crippen LogP contribution in [0.25, 0.3) is 22.7 Å². The summed E-state index contributed by atoms with van der Waals surface area (Å²) >= 11 is 1.34. The zero-order chi connectivity index (χ0) is 28.7. The number of hydrogen-bond acceptors (Lipinski definition) is 5. The average molecular weight is 562 g/mol. The molecule has 6 nitrogen and oxygen atoms in total. The van der Waals surface area contributed by atoms with E-state index in [9.17, 15) is 9.59 Å². The van der Waals surface area contributed by atoms with E-state index in [-0.39, 0.29) is 12.2 Å². The number of aromatic nitrogens is 2. The number of carbonyl (C=O) groups excluding carboxylic acids is 1. The van der Waals surface area contributed by atoms with E-state index in [0.29, 0.717) is 26.5 Å². The van der Waals surface area contributed by atoms with E-state index in [4.69, 9.17) is 9.73 Å². The molecule has 3 aromatic carbocycles.